The van der Waals surface area contributed by atoms with Gasteiger partial charge in [0.25, 0.3) is 0 Å². The van der Waals surface area contributed by atoms with Crippen LogP contribution in [0.2, 0.25) is 0 Å². The predicted molar refractivity (Wildman–Crippen MR) is 229 cm³/mol. The number of benzene rings is 4. The highest BCUT2D eigenvalue weighted by Gasteiger charge is 2.35. The molecular formula is C48H60N4O7. The van der Waals surface area contributed by atoms with Gasteiger partial charge >= 0.3 is 5.97 Å². The van der Waals surface area contributed by atoms with Crippen molar-refractivity contribution in [1.82, 2.24) is 21.3 Å². The molecule has 6 N–H and O–H groups in total. The normalized spacial score (nSPS) is 14.8. The molecule has 59 heavy (non-hydrogen) atoms. The minimum absolute atomic E-state index is 0.173. The van der Waals surface area contributed by atoms with E-state index in [0.717, 1.165) is 22.3 Å². The van der Waals surface area contributed by atoms with Crippen molar-refractivity contribution in [3.8, 4) is 0 Å². The van der Waals surface area contributed by atoms with Crippen LogP contribution in [0.15, 0.2) is 121 Å². The number of rotatable bonds is 22. The number of hydrogen-bond donors (Lipinski definition) is 6. The molecular weight excluding hydrogens is 745 g/mol. The summed E-state index contributed by atoms with van der Waals surface area (Å²) in [7, 11) is 0. The lowest BCUT2D eigenvalue weighted by Gasteiger charge is -2.30. The van der Waals surface area contributed by atoms with Crippen molar-refractivity contribution in [3.05, 3.63) is 144 Å². The van der Waals surface area contributed by atoms with Gasteiger partial charge in [-0.1, -0.05) is 162 Å². The molecule has 4 aromatic carbocycles. The zero-order chi connectivity index (χ0) is 42.9. The number of nitrogens with one attached hydrogen (secondary N) is 4. The third kappa shape index (κ3) is 13.9. The maximum Gasteiger partial charge on any atom is 0.326 e. The van der Waals surface area contributed by atoms with Crippen LogP contribution in [-0.2, 0) is 36.8 Å². The first-order valence-corrected chi connectivity index (χ1v) is 20.6. The Bertz CT molecular complexity index is 1890. The molecule has 0 saturated carbocycles. The molecule has 314 valence electrons. The van der Waals surface area contributed by atoms with Crippen molar-refractivity contribution in [2.24, 2.45) is 17.8 Å². The average molecular weight is 805 g/mol. The van der Waals surface area contributed by atoms with Gasteiger partial charge < -0.3 is 31.5 Å². The smallest absolute Gasteiger partial charge is 0.326 e. The van der Waals surface area contributed by atoms with Crippen molar-refractivity contribution in [3.63, 3.8) is 0 Å². The SMILES string of the molecule is CC[C@H](C)[C@H](NC(=O)C[C@H](O)[C@H](Cc1ccccc1)NC(=O)[C@@H](NC(=O)C(c1ccccc1)c1ccccc1)C(C)C)C(=O)NC(C(=O)O)C(C)CCc1ccccc1. The molecule has 0 aliphatic carbocycles. The number of aliphatic hydroxyl groups excluding tert-OH is 1. The number of amides is 4. The van der Waals surface area contributed by atoms with Crippen molar-refractivity contribution < 1.29 is 34.2 Å². The number of carboxylic acids is 1. The highest BCUT2D eigenvalue weighted by atomic mass is 16.4. The molecule has 11 heteroatoms. The van der Waals surface area contributed by atoms with Crippen LogP contribution in [0.5, 0.6) is 0 Å². The molecule has 4 aromatic rings. The Balaban J connectivity index is 1.48. The Hall–Kier alpha value is -5.81. The largest absolute Gasteiger partial charge is 0.480 e. The lowest BCUT2D eigenvalue weighted by Crippen LogP contribution is -2.57. The van der Waals surface area contributed by atoms with Gasteiger partial charge in [0, 0.05) is 0 Å². The third-order valence-corrected chi connectivity index (χ3v) is 10.9. The van der Waals surface area contributed by atoms with Gasteiger partial charge in [-0.05, 0) is 59.3 Å². The van der Waals surface area contributed by atoms with Crippen LogP contribution in [0.1, 0.15) is 82.1 Å². The third-order valence-electron chi connectivity index (χ3n) is 10.9. The fourth-order valence-corrected chi connectivity index (χ4v) is 7.14. The average Bonchev–Trinajstić information content (AvgIpc) is 3.23. The highest BCUT2D eigenvalue weighted by Crippen LogP contribution is 2.25. The summed E-state index contributed by atoms with van der Waals surface area (Å²) in [6, 6.07) is 33.3. The number of carbonyl (C=O) groups excluding carboxylic acids is 4. The second kappa shape index (κ2) is 23.0. The maximum absolute atomic E-state index is 14.1. The quantitative estimate of drug-likeness (QED) is 0.0582. The van der Waals surface area contributed by atoms with Gasteiger partial charge in [-0.2, -0.15) is 0 Å². The van der Waals surface area contributed by atoms with E-state index < -0.39 is 72.2 Å². The van der Waals surface area contributed by atoms with E-state index in [1.807, 2.05) is 142 Å². The molecule has 7 atom stereocenters. The zero-order valence-corrected chi connectivity index (χ0v) is 34.7. The molecule has 0 spiro atoms. The van der Waals surface area contributed by atoms with E-state index in [4.69, 9.17) is 0 Å². The molecule has 0 heterocycles. The Kier molecular flexibility index (Phi) is 17.9. The van der Waals surface area contributed by atoms with Crippen molar-refractivity contribution in [2.45, 2.75) is 103 Å². The topological polar surface area (TPSA) is 174 Å². The van der Waals surface area contributed by atoms with E-state index >= 15 is 0 Å². The molecule has 0 aromatic heterocycles. The fourth-order valence-electron chi connectivity index (χ4n) is 7.14. The van der Waals surface area contributed by atoms with E-state index in [1.165, 1.54) is 0 Å². The zero-order valence-electron chi connectivity index (χ0n) is 34.7. The lowest BCUT2D eigenvalue weighted by atomic mass is 9.89. The molecule has 4 amide bonds. The summed E-state index contributed by atoms with van der Waals surface area (Å²) >= 11 is 0. The Morgan fingerprint density at radius 3 is 1.53 bits per heavy atom. The van der Waals surface area contributed by atoms with Crippen LogP contribution >= 0.6 is 0 Å². The first-order chi connectivity index (χ1) is 28.3. The number of carboxylic acid groups (broad SMARTS) is 1. The Morgan fingerprint density at radius 1 is 0.559 bits per heavy atom. The predicted octanol–water partition coefficient (Wildman–Crippen LogP) is 5.81. The van der Waals surface area contributed by atoms with Crippen LogP contribution in [0, 0.1) is 17.8 Å². The van der Waals surface area contributed by atoms with Gasteiger partial charge in [-0.3, -0.25) is 19.2 Å². The Labute approximate surface area is 348 Å². The van der Waals surface area contributed by atoms with Gasteiger partial charge in [0.1, 0.15) is 18.1 Å². The fraction of sp³-hybridized carbons (Fsp3) is 0.396. The number of aliphatic hydroxyl groups is 1. The Morgan fingerprint density at radius 2 is 1.03 bits per heavy atom. The van der Waals surface area contributed by atoms with Crippen LogP contribution in [0.4, 0.5) is 0 Å². The number of carbonyl (C=O) groups is 5. The highest BCUT2D eigenvalue weighted by molar-refractivity contribution is 5.93. The van der Waals surface area contributed by atoms with E-state index in [9.17, 15) is 34.2 Å². The van der Waals surface area contributed by atoms with Crippen LogP contribution in [0.3, 0.4) is 0 Å². The standard InChI is InChI=1S/C48H60N4O7/c1-6-32(4)43(47(57)52-44(48(58)59)33(5)27-28-34-19-11-7-12-20-34)50-40(54)30-39(53)38(29-35-21-13-8-14-22-35)49-46(56)42(31(2)3)51-45(55)41(36-23-15-9-16-24-36)37-25-17-10-18-26-37/h7-26,31-33,38-39,41-44,53H,6,27-30H2,1-5H3,(H,49,56)(H,50,54)(H,51,55)(H,52,57)(H,58,59)/t32-,33?,38-,39-,42-,43-,44?/m0/s1. The first kappa shape index (κ1) is 45.9. The minimum atomic E-state index is -1.39. The first-order valence-electron chi connectivity index (χ1n) is 20.6. The van der Waals surface area contributed by atoms with Crippen LogP contribution in [0.25, 0.3) is 0 Å². The van der Waals surface area contributed by atoms with Crippen LogP contribution in [-0.4, -0.2) is 70.1 Å². The van der Waals surface area contributed by atoms with Gasteiger partial charge in [0.05, 0.1) is 24.5 Å². The lowest BCUT2D eigenvalue weighted by molar-refractivity contribution is -0.144. The summed E-state index contributed by atoms with van der Waals surface area (Å²) in [6.07, 6.45) is -0.0206. The van der Waals surface area contributed by atoms with E-state index in [0.29, 0.717) is 19.3 Å². The molecule has 2 unspecified atom stereocenters. The monoisotopic (exact) mass is 804 g/mol. The second-order valence-corrected chi connectivity index (χ2v) is 15.8. The summed E-state index contributed by atoms with van der Waals surface area (Å²) < 4.78 is 0. The summed E-state index contributed by atoms with van der Waals surface area (Å²) in [4.78, 5) is 67.8. The van der Waals surface area contributed by atoms with E-state index in [-0.39, 0.29) is 24.2 Å². The molecule has 0 bridgehead atoms. The molecule has 0 aliphatic rings. The molecule has 0 aliphatic heterocycles. The molecule has 4 rings (SSSR count). The van der Waals surface area contributed by atoms with Crippen molar-refractivity contribution in [1.29, 1.82) is 0 Å². The molecule has 11 nitrogen and oxygen atoms in total. The minimum Gasteiger partial charge on any atom is -0.480 e. The summed E-state index contributed by atoms with van der Waals surface area (Å²) in [5.74, 6) is -5.12. The number of aryl methyl sites for hydroxylation is 1. The molecule has 0 fully saturated rings. The molecule has 0 radical (unpaired) electrons. The maximum atomic E-state index is 14.1. The summed E-state index contributed by atoms with van der Waals surface area (Å²) in [6.45, 7) is 9.06. The molecule has 0 saturated heterocycles. The van der Waals surface area contributed by atoms with Gasteiger partial charge in [-0.25, -0.2) is 4.79 Å². The number of hydrogen-bond acceptors (Lipinski definition) is 6. The summed E-state index contributed by atoms with van der Waals surface area (Å²) in [5, 5.41) is 33.0. The van der Waals surface area contributed by atoms with Gasteiger partial charge in [-0.15, -0.1) is 0 Å². The van der Waals surface area contributed by atoms with E-state index in [1.54, 1.807) is 13.8 Å². The van der Waals surface area contributed by atoms with Crippen molar-refractivity contribution in [2.75, 3.05) is 0 Å². The van der Waals surface area contributed by atoms with E-state index in [2.05, 4.69) is 21.3 Å². The van der Waals surface area contributed by atoms with Crippen molar-refractivity contribution >= 4 is 29.6 Å². The van der Waals surface area contributed by atoms with Gasteiger partial charge in [0.2, 0.25) is 23.6 Å². The summed E-state index contributed by atoms with van der Waals surface area (Å²) in [5.41, 5.74) is 3.39. The number of aliphatic carboxylic acids is 1. The second-order valence-electron chi connectivity index (χ2n) is 15.8. The van der Waals surface area contributed by atoms with Crippen LogP contribution < -0.4 is 21.3 Å². The van der Waals surface area contributed by atoms with Gasteiger partial charge in [0.15, 0.2) is 0 Å².